The van der Waals surface area contributed by atoms with Crippen LogP contribution in [0.5, 0.6) is 0 Å². The zero-order chi connectivity index (χ0) is 16.2. The van der Waals surface area contributed by atoms with E-state index in [1.807, 2.05) is 13.8 Å². The quantitative estimate of drug-likeness (QED) is 0.823. The van der Waals surface area contributed by atoms with Crippen LogP contribution in [0.15, 0.2) is 0 Å². The van der Waals surface area contributed by atoms with E-state index in [-0.39, 0.29) is 30.2 Å². The van der Waals surface area contributed by atoms with Crippen molar-refractivity contribution in [2.24, 2.45) is 17.8 Å². The van der Waals surface area contributed by atoms with Gasteiger partial charge in [0.2, 0.25) is 11.8 Å². The van der Waals surface area contributed by atoms with Gasteiger partial charge in [-0.2, -0.15) is 0 Å². The summed E-state index contributed by atoms with van der Waals surface area (Å²) in [5.74, 6) is -1.76. The molecule has 0 aromatic rings. The molecule has 2 amide bonds. The molecule has 1 saturated heterocycles. The Morgan fingerprint density at radius 3 is 2.43 bits per heavy atom. The summed E-state index contributed by atoms with van der Waals surface area (Å²) < 4.78 is 0. The number of hydrogen-bond donors (Lipinski definition) is 1. The maximum Gasteiger partial charge on any atom is 0.308 e. The second-order valence-electron chi connectivity index (χ2n) is 6.24. The van der Waals surface area contributed by atoms with E-state index in [9.17, 15) is 14.4 Å². The van der Waals surface area contributed by atoms with Crippen LogP contribution in [-0.4, -0.2) is 59.4 Å². The number of carboxylic acids is 1. The number of nitrogens with zero attached hydrogens (tertiary/aromatic N) is 2. The molecule has 0 radical (unpaired) electrons. The number of carbonyl (C=O) groups excluding carboxylic acids is 2. The minimum atomic E-state index is -0.907. The van der Waals surface area contributed by atoms with Gasteiger partial charge >= 0.3 is 5.97 Å². The molecular weight excluding hydrogens is 272 g/mol. The van der Waals surface area contributed by atoms with Crippen LogP contribution in [-0.2, 0) is 14.4 Å². The van der Waals surface area contributed by atoms with Gasteiger partial charge in [-0.3, -0.25) is 14.4 Å². The van der Waals surface area contributed by atoms with Crippen LogP contribution < -0.4 is 0 Å². The third kappa shape index (κ3) is 4.72. The zero-order valence-electron chi connectivity index (χ0n) is 13.3. The van der Waals surface area contributed by atoms with Crippen LogP contribution in [0.1, 0.15) is 33.6 Å². The van der Waals surface area contributed by atoms with Gasteiger partial charge in [-0.15, -0.1) is 0 Å². The number of piperidine rings is 1. The first-order valence-electron chi connectivity index (χ1n) is 7.50. The molecule has 0 aromatic carbocycles. The number of carboxylic acid groups (broad SMARTS) is 1. The highest BCUT2D eigenvalue weighted by Gasteiger charge is 2.31. The van der Waals surface area contributed by atoms with Gasteiger partial charge in [0.15, 0.2) is 0 Å². The average molecular weight is 298 g/mol. The average Bonchev–Trinajstić information content (AvgIpc) is 2.45. The summed E-state index contributed by atoms with van der Waals surface area (Å²) in [7, 11) is 1.63. The van der Waals surface area contributed by atoms with Gasteiger partial charge in [0.25, 0.3) is 0 Å². The van der Waals surface area contributed by atoms with Crippen molar-refractivity contribution < 1.29 is 19.5 Å². The summed E-state index contributed by atoms with van der Waals surface area (Å²) in [6, 6.07) is 0. The first kappa shape index (κ1) is 17.5. The van der Waals surface area contributed by atoms with Crippen molar-refractivity contribution in [1.29, 1.82) is 0 Å². The Labute approximate surface area is 126 Å². The molecule has 0 saturated carbocycles. The van der Waals surface area contributed by atoms with Crippen molar-refractivity contribution >= 4 is 17.8 Å². The topological polar surface area (TPSA) is 77.9 Å². The fraction of sp³-hybridized carbons (Fsp3) is 0.800. The number of carbonyl (C=O) groups is 3. The van der Waals surface area contributed by atoms with E-state index in [1.54, 1.807) is 18.9 Å². The van der Waals surface area contributed by atoms with Crippen LogP contribution in [0.25, 0.3) is 0 Å². The number of likely N-dealkylation sites (tertiary alicyclic amines) is 1. The van der Waals surface area contributed by atoms with Crippen molar-refractivity contribution in [3.63, 3.8) is 0 Å². The van der Waals surface area contributed by atoms with Gasteiger partial charge in [-0.25, -0.2) is 0 Å². The lowest BCUT2D eigenvalue weighted by Gasteiger charge is -2.35. The molecule has 1 aliphatic rings. The van der Waals surface area contributed by atoms with Crippen LogP contribution in [0, 0.1) is 17.8 Å². The smallest absolute Gasteiger partial charge is 0.308 e. The number of aliphatic carboxylic acids is 1. The predicted octanol–water partition coefficient (Wildman–Crippen LogP) is 1.06. The summed E-state index contributed by atoms with van der Waals surface area (Å²) in [5, 5.41) is 8.91. The first-order valence-corrected chi connectivity index (χ1v) is 7.50. The van der Waals surface area contributed by atoms with Crippen LogP contribution in [0.4, 0.5) is 0 Å². The fourth-order valence-corrected chi connectivity index (χ4v) is 2.63. The van der Waals surface area contributed by atoms with Gasteiger partial charge in [0.05, 0.1) is 11.8 Å². The van der Waals surface area contributed by atoms with Crippen molar-refractivity contribution in [3.05, 3.63) is 0 Å². The van der Waals surface area contributed by atoms with Gasteiger partial charge in [0.1, 0.15) is 0 Å². The summed E-state index contributed by atoms with van der Waals surface area (Å²) in [6.07, 6.45) is 1.57. The Balaban J connectivity index is 2.61. The van der Waals surface area contributed by atoms with Crippen LogP contribution in [0.2, 0.25) is 0 Å². The summed E-state index contributed by atoms with van der Waals surface area (Å²) >= 11 is 0. The fourth-order valence-electron chi connectivity index (χ4n) is 2.63. The molecule has 6 nitrogen and oxygen atoms in total. The highest BCUT2D eigenvalue weighted by molar-refractivity contribution is 5.82. The summed E-state index contributed by atoms with van der Waals surface area (Å²) in [6.45, 7) is 6.64. The molecule has 0 bridgehead atoms. The molecule has 21 heavy (non-hydrogen) atoms. The Morgan fingerprint density at radius 1 is 1.29 bits per heavy atom. The largest absolute Gasteiger partial charge is 0.481 e. The van der Waals surface area contributed by atoms with Crippen molar-refractivity contribution in [3.8, 4) is 0 Å². The third-order valence-corrected chi connectivity index (χ3v) is 3.92. The third-order valence-electron chi connectivity index (χ3n) is 3.92. The highest BCUT2D eigenvalue weighted by Crippen LogP contribution is 2.20. The second-order valence-corrected chi connectivity index (χ2v) is 6.24. The van der Waals surface area contributed by atoms with Gasteiger partial charge in [-0.05, 0) is 12.8 Å². The van der Waals surface area contributed by atoms with Crippen LogP contribution in [0.3, 0.4) is 0 Å². The Bertz CT molecular complexity index is 408. The van der Waals surface area contributed by atoms with Gasteiger partial charge in [0, 0.05) is 32.6 Å². The first-order chi connectivity index (χ1) is 9.73. The Hall–Kier alpha value is -1.59. The zero-order valence-corrected chi connectivity index (χ0v) is 13.3. The number of hydrogen-bond acceptors (Lipinski definition) is 3. The van der Waals surface area contributed by atoms with E-state index >= 15 is 0 Å². The minimum absolute atomic E-state index is 0.0654. The summed E-state index contributed by atoms with van der Waals surface area (Å²) in [5.41, 5.74) is 0. The number of amides is 2. The lowest BCUT2D eigenvalue weighted by atomic mass is 9.95. The normalized spacial score (nSPS) is 20.2. The molecule has 0 spiro atoms. The monoisotopic (exact) mass is 298 g/mol. The standard InChI is InChI=1S/C15H26N2O4/c1-10(2)13(18)17-7-5-6-12(9-17)14(19)16(4)8-11(3)15(20)21/h10-12H,5-9H2,1-4H3,(H,20,21). The van der Waals surface area contributed by atoms with Crippen LogP contribution >= 0.6 is 0 Å². The van der Waals surface area contributed by atoms with Gasteiger partial charge in [-0.1, -0.05) is 20.8 Å². The van der Waals surface area contributed by atoms with Crippen molar-refractivity contribution in [1.82, 2.24) is 9.80 Å². The maximum absolute atomic E-state index is 12.4. The van der Waals surface area contributed by atoms with Crippen molar-refractivity contribution in [2.45, 2.75) is 33.6 Å². The molecule has 1 rings (SSSR count). The van der Waals surface area contributed by atoms with E-state index < -0.39 is 11.9 Å². The van der Waals surface area contributed by atoms with E-state index in [2.05, 4.69) is 0 Å². The molecule has 1 N–H and O–H groups in total. The van der Waals surface area contributed by atoms with E-state index in [0.29, 0.717) is 13.1 Å². The van der Waals surface area contributed by atoms with E-state index in [0.717, 1.165) is 12.8 Å². The molecule has 6 heteroatoms. The highest BCUT2D eigenvalue weighted by atomic mass is 16.4. The molecule has 120 valence electrons. The van der Waals surface area contributed by atoms with Crippen molar-refractivity contribution in [2.75, 3.05) is 26.7 Å². The lowest BCUT2D eigenvalue weighted by molar-refractivity contribution is -0.144. The molecular formula is C15H26N2O4. The van der Waals surface area contributed by atoms with Gasteiger partial charge < -0.3 is 14.9 Å². The summed E-state index contributed by atoms with van der Waals surface area (Å²) in [4.78, 5) is 38.5. The predicted molar refractivity (Wildman–Crippen MR) is 78.6 cm³/mol. The molecule has 1 heterocycles. The van der Waals surface area contributed by atoms with E-state index in [1.165, 1.54) is 4.90 Å². The Morgan fingerprint density at radius 2 is 1.90 bits per heavy atom. The molecule has 1 fully saturated rings. The second kappa shape index (κ2) is 7.43. The lowest BCUT2D eigenvalue weighted by Crippen LogP contribution is -2.47. The number of rotatable bonds is 5. The molecule has 0 aliphatic carbocycles. The molecule has 2 atom stereocenters. The maximum atomic E-state index is 12.4. The molecule has 0 aromatic heterocycles. The minimum Gasteiger partial charge on any atom is -0.481 e. The molecule has 1 aliphatic heterocycles. The SMILES string of the molecule is CC(C)C(=O)N1CCCC(C(=O)N(C)CC(C)C(=O)O)C1. The molecule has 2 unspecified atom stereocenters. The van der Waals surface area contributed by atoms with E-state index in [4.69, 9.17) is 5.11 Å². The Kier molecular flexibility index (Phi) is 6.18.